The first-order valence-electron chi connectivity index (χ1n) is 9.25. The molecule has 1 amide bonds. The first-order valence-corrected chi connectivity index (χ1v) is 11.7. The molecule has 0 N–H and O–H groups in total. The zero-order chi connectivity index (χ0) is 20.3. The molecule has 0 radical (unpaired) electrons. The third-order valence-corrected chi connectivity index (χ3v) is 7.60. The number of rotatable bonds is 6. The van der Waals surface area contributed by atoms with Gasteiger partial charge in [0.25, 0.3) is 0 Å². The molecular formula is C21H24N2O3S2. The summed E-state index contributed by atoms with van der Waals surface area (Å²) in [7, 11) is -1.49. The normalized spacial score (nSPS) is 12.6. The van der Waals surface area contributed by atoms with Crippen LogP contribution in [0, 0.1) is 6.92 Å². The van der Waals surface area contributed by atoms with Crippen molar-refractivity contribution >= 4 is 37.3 Å². The molecule has 2 aromatic carbocycles. The van der Waals surface area contributed by atoms with Crippen molar-refractivity contribution in [3.63, 3.8) is 0 Å². The largest absolute Gasteiger partial charge is 0.319 e. The summed E-state index contributed by atoms with van der Waals surface area (Å²) in [5.74, 6) is -0.354. The quantitative estimate of drug-likeness (QED) is 0.614. The number of carbonyl (C=O) groups is 1. The van der Waals surface area contributed by atoms with Gasteiger partial charge in [-0.3, -0.25) is 4.79 Å². The van der Waals surface area contributed by atoms with Crippen LogP contribution in [0.15, 0.2) is 52.4 Å². The van der Waals surface area contributed by atoms with E-state index < -0.39 is 9.84 Å². The van der Waals surface area contributed by atoms with E-state index in [-0.39, 0.29) is 24.5 Å². The monoisotopic (exact) mass is 416 g/mol. The fourth-order valence-corrected chi connectivity index (χ4v) is 5.35. The van der Waals surface area contributed by atoms with Crippen LogP contribution >= 0.6 is 11.3 Å². The molecule has 0 aliphatic rings. The SMILES string of the molecule is CCc1ccc2c(c1)sc(=NC(=O)CCCS(=O)(=O)c1ccc(C)cc1)n2C. The molecule has 0 saturated heterocycles. The Morgan fingerprint density at radius 3 is 2.54 bits per heavy atom. The predicted molar refractivity (Wildman–Crippen MR) is 113 cm³/mol. The van der Waals surface area contributed by atoms with Gasteiger partial charge in [-0.1, -0.05) is 42.0 Å². The maximum atomic E-state index is 12.4. The van der Waals surface area contributed by atoms with E-state index in [9.17, 15) is 13.2 Å². The molecule has 0 atom stereocenters. The second-order valence-corrected chi connectivity index (χ2v) is 9.96. The zero-order valence-corrected chi connectivity index (χ0v) is 17.9. The van der Waals surface area contributed by atoms with Crippen LogP contribution in [0.3, 0.4) is 0 Å². The number of fused-ring (bicyclic) bond motifs is 1. The van der Waals surface area contributed by atoms with Crippen LogP contribution < -0.4 is 4.80 Å². The summed E-state index contributed by atoms with van der Waals surface area (Å²) in [5.41, 5.74) is 3.29. The lowest BCUT2D eigenvalue weighted by Crippen LogP contribution is -2.14. The minimum atomic E-state index is -3.38. The van der Waals surface area contributed by atoms with Crippen LogP contribution in [0.2, 0.25) is 0 Å². The summed E-state index contributed by atoms with van der Waals surface area (Å²) in [5, 5.41) is 0. The number of benzene rings is 2. The van der Waals surface area contributed by atoms with Gasteiger partial charge in [-0.15, -0.1) is 0 Å². The van der Waals surface area contributed by atoms with E-state index in [2.05, 4.69) is 24.0 Å². The smallest absolute Gasteiger partial charge is 0.248 e. The van der Waals surface area contributed by atoms with Crippen LogP contribution in [0.5, 0.6) is 0 Å². The van der Waals surface area contributed by atoms with Gasteiger partial charge in [0, 0.05) is 13.5 Å². The Labute approximate surface area is 169 Å². The van der Waals surface area contributed by atoms with Gasteiger partial charge < -0.3 is 4.57 Å². The molecule has 148 valence electrons. The standard InChI is InChI=1S/C21H24N2O3S2/c1-4-16-9-12-18-19(14-16)27-21(23(18)3)22-20(24)6-5-13-28(25,26)17-10-7-15(2)8-11-17/h7-12,14H,4-6,13H2,1-3H3. The summed E-state index contributed by atoms with van der Waals surface area (Å²) >= 11 is 1.48. The highest BCUT2D eigenvalue weighted by atomic mass is 32.2. The van der Waals surface area contributed by atoms with Crippen LogP contribution in [0.4, 0.5) is 0 Å². The van der Waals surface area contributed by atoms with Crippen LogP contribution in [0.1, 0.15) is 30.9 Å². The van der Waals surface area contributed by atoms with Crippen LogP contribution in [-0.4, -0.2) is 24.6 Å². The van der Waals surface area contributed by atoms with Gasteiger partial charge in [-0.05, 0) is 49.6 Å². The van der Waals surface area contributed by atoms with E-state index in [1.807, 2.05) is 24.6 Å². The fourth-order valence-electron chi connectivity index (χ4n) is 2.94. The molecule has 0 aliphatic carbocycles. The number of hydrogen-bond acceptors (Lipinski definition) is 4. The maximum Gasteiger partial charge on any atom is 0.248 e. The van der Waals surface area contributed by atoms with Gasteiger partial charge in [0.1, 0.15) is 0 Å². The molecule has 3 rings (SSSR count). The number of aryl methyl sites for hydroxylation is 3. The van der Waals surface area contributed by atoms with Gasteiger partial charge in [0.05, 0.1) is 20.9 Å². The molecule has 0 aliphatic heterocycles. The molecule has 1 aromatic heterocycles. The highest BCUT2D eigenvalue weighted by Gasteiger charge is 2.15. The zero-order valence-electron chi connectivity index (χ0n) is 16.3. The van der Waals surface area contributed by atoms with Crippen molar-refractivity contribution in [3.05, 3.63) is 58.4 Å². The second kappa shape index (κ2) is 8.41. The van der Waals surface area contributed by atoms with Gasteiger partial charge in [-0.2, -0.15) is 4.99 Å². The Kier molecular flexibility index (Phi) is 6.15. The number of thiazole rings is 1. The topological polar surface area (TPSA) is 68.5 Å². The van der Waals surface area contributed by atoms with Crippen molar-refractivity contribution in [2.75, 3.05) is 5.75 Å². The van der Waals surface area contributed by atoms with Crippen LogP contribution in [0.25, 0.3) is 10.2 Å². The number of amides is 1. The van der Waals surface area contributed by atoms with E-state index in [1.54, 1.807) is 24.3 Å². The fraction of sp³-hybridized carbons (Fsp3) is 0.333. The third kappa shape index (κ3) is 4.59. The summed E-state index contributed by atoms with van der Waals surface area (Å²) < 4.78 is 27.7. The van der Waals surface area contributed by atoms with E-state index in [0.717, 1.165) is 22.2 Å². The number of sulfone groups is 1. The first kappa shape index (κ1) is 20.5. The number of hydrogen-bond donors (Lipinski definition) is 0. The molecule has 0 spiro atoms. The molecule has 0 fully saturated rings. The maximum absolute atomic E-state index is 12.4. The lowest BCUT2D eigenvalue weighted by Gasteiger charge is -2.04. The molecule has 7 heteroatoms. The van der Waals surface area contributed by atoms with Gasteiger partial charge in [0.15, 0.2) is 14.6 Å². The van der Waals surface area contributed by atoms with Crippen molar-refractivity contribution in [2.45, 2.75) is 38.0 Å². The molecule has 0 bridgehead atoms. The highest BCUT2D eigenvalue weighted by molar-refractivity contribution is 7.91. The number of nitrogens with zero attached hydrogens (tertiary/aromatic N) is 2. The Morgan fingerprint density at radius 2 is 1.86 bits per heavy atom. The summed E-state index contributed by atoms with van der Waals surface area (Å²) in [6, 6.07) is 13.0. The Hall–Kier alpha value is -2.25. The molecule has 5 nitrogen and oxygen atoms in total. The summed E-state index contributed by atoms with van der Waals surface area (Å²) in [6.45, 7) is 4.02. The van der Waals surface area contributed by atoms with Crippen molar-refractivity contribution in [2.24, 2.45) is 12.0 Å². The summed E-state index contributed by atoms with van der Waals surface area (Å²) in [6.07, 6.45) is 1.32. The molecule has 0 unspecified atom stereocenters. The molecular weight excluding hydrogens is 392 g/mol. The molecule has 0 saturated carbocycles. The van der Waals surface area contributed by atoms with Gasteiger partial charge >= 0.3 is 0 Å². The van der Waals surface area contributed by atoms with E-state index >= 15 is 0 Å². The number of aromatic nitrogens is 1. The van der Waals surface area contributed by atoms with E-state index in [0.29, 0.717) is 9.70 Å². The second-order valence-electron chi connectivity index (χ2n) is 6.84. The van der Waals surface area contributed by atoms with Crippen molar-refractivity contribution < 1.29 is 13.2 Å². The van der Waals surface area contributed by atoms with Gasteiger partial charge in [0.2, 0.25) is 5.91 Å². The Bertz CT molecular complexity index is 1170. The first-order chi connectivity index (χ1) is 13.3. The molecule has 1 heterocycles. The van der Waals surface area contributed by atoms with Crippen molar-refractivity contribution in [1.82, 2.24) is 4.57 Å². The minimum Gasteiger partial charge on any atom is -0.319 e. The average molecular weight is 417 g/mol. The van der Waals surface area contributed by atoms with Gasteiger partial charge in [-0.25, -0.2) is 8.42 Å². The van der Waals surface area contributed by atoms with E-state index in [1.165, 1.54) is 16.9 Å². The van der Waals surface area contributed by atoms with Crippen molar-refractivity contribution in [3.8, 4) is 0 Å². The van der Waals surface area contributed by atoms with E-state index in [4.69, 9.17) is 0 Å². The van der Waals surface area contributed by atoms with Crippen molar-refractivity contribution in [1.29, 1.82) is 0 Å². The summed E-state index contributed by atoms with van der Waals surface area (Å²) in [4.78, 5) is 17.4. The number of carbonyl (C=O) groups excluding carboxylic acids is 1. The Balaban J connectivity index is 1.69. The highest BCUT2D eigenvalue weighted by Crippen LogP contribution is 2.19. The lowest BCUT2D eigenvalue weighted by atomic mass is 10.2. The third-order valence-electron chi connectivity index (χ3n) is 4.69. The average Bonchev–Trinajstić information content (AvgIpc) is 2.96. The van der Waals surface area contributed by atoms with Crippen LogP contribution in [-0.2, 0) is 28.1 Å². The molecule has 3 aromatic rings. The Morgan fingerprint density at radius 1 is 1.14 bits per heavy atom. The minimum absolute atomic E-state index is 0.0598. The predicted octanol–water partition coefficient (Wildman–Crippen LogP) is 3.79. The lowest BCUT2D eigenvalue weighted by molar-refractivity contribution is -0.118. The molecule has 28 heavy (non-hydrogen) atoms.